The lowest BCUT2D eigenvalue weighted by Gasteiger charge is -2.21. The van der Waals surface area contributed by atoms with E-state index in [0.717, 1.165) is 16.3 Å². The maximum absolute atomic E-state index is 14.3. The number of fused-ring (bicyclic) bond motifs is 1. The van der Waals surface area contributed by atoms with E-state index in [9.17, 15) is 9.18 Å². The lowest BCUT2D eigenvalue weighted by molar-refractivity contribution is 0.0774. The van der Waals surface area contributed by atoms with Crippen molar-refractivity contribution in [3.8, 4) is 0 Å². The number of nitrogens with one attached hydrogen (secondary N) is 1. The fraction of sp³-hybridized carbons (Fsp3) is 0.238. The summed E-state index contributed by atoms with van der Waals surface area (Å²) in [5.74, 6) is -0.122. The van der Waals surface area contributed by atoms with E-state index in [1.807, 2.05) is 39.0 Å². The Morgan fingerprint density at radius 3 is 2.59 bits per heavy atom. The number of benzene rings is 2. The van der Waals surface area contributed by atoms with Crippen LogP contribution in [0, 0.1) is 12.7 Å². The molecule has 27 heavy (non-hydrogen) atoms. The van der Waals surface area contributed by atoms with Crippen molar-refractivity contribution in [1.82, 2.24) is 9.88 Å². The molecule has 3 rings (SSSR count). The number of anilines is 2. The molecular formula is C21H21ClFN3O. The van der Waals surface area contributed by atoms with Crippen LogP contribution in [-0.4, -0.2) is 28.9 Å². The molecule has 0 radical (unpaired) electrons. The van der Waals surface area contributed by atoms with Gasteiger partial charge in [-0.3, -0.25) is 4.79 Å². The summed E-state index contributed by atoms with van der Waals surface area (Å²) in [5, 5.41) is 4.62. The number of nitrogens with zero attached hydrogens (tertiary/aromatic N) is 2. The predicted octanol–water partition coefficient (Wildman–Crippen LogP) is 5.56. The molecule has 6 heteroatoms. The van der Waals surface area contributed by atoms with Gasteiger partial charge in [-0.25, -0.2) is 9.37 Å². The van der Waals surface area contributed by atoms with Crippen molar-refractivity contribution >= 4 is 39.8 Å². The monoisotopic (exact) mass is 385 g/mol. The number of pyridine rings is 1. The lowest BCUT2D eigenvalue weighted by atomic mass is 10.0. The molecule has 4 nitrogen and oxygen atoms in total. The molecule has 3 aromatic rings. The molecular weight excluding hydrogens is 365 g/mol. The largest absolute Gasteiger partial charge is 0.339 e. The van der Waals surface area contributed by atoms with Crippen LogP contribution in [0.25, 0.3) is 10.8 Å². The molecule has 0 bridgehead atoms. The highest BCUT2D eigenvalue weighted by atomic mass is 35.5. The first-order chi connectivity index (χ1) is 13.0. The van der Waals surface area contributed by atoms with Crippen molar-refractivity contribution in [3.63, 3.8) is 0 Å². The van der Waals surface area contributed by atoms with Gasteiger partial charge in [0.05, 0.1) is 16.3 Å². The minimum atomic E-state index is -0.537. The van der Waals surface area contributed by atoms with Gasteiger partial charge in [0, 0.05) is 30.1 Å². The zero-order valence-corrected chi connectivity index (χ0v) is 16.3. The molecule has 0 saturated heterocycles. The van der Waals surface area contributed by atoms with E-state index < -0.39 is 5.82 Å². The molecule has 0 unspecified atom stereocenters. The van der Waals surface area contributed by atoms with Crippen LogP contribution in [0.5, 0.6) is 0 Å². The fourth-order valence-electron chi connectivity index (χ4n) is 3.16. The Bertz CT molecular complexity index is 1000. The summed E-state index contributed by atoms with van der Waals surface area (Å²) in [6.45, 7) is 7.08. The molecule has 1 aromatic heterocycles. The molecule has 1 amide bonds. The Hall–Kier alpha value is -2.66. The zero-order valence-electron chi connectivity index (χ0n) is 15.5. The normalized spacial score (nSPS) is 10.9. The van der Waals surface area contributed by atoms with Crippen LogP contribution in [0.1, 0.15) is 29.8 Å². The number of rotatable bonds is 5. The van der Waals surface area contributed by atoms with Crippen LogP contribution in [0.3, 0.4) is 0 Å². The molecule has 0 aliphatic heterocycles. The highest BCUT2D eigenvalue weighted by Crippen LogP contribution is 2.32. The molecule has 2 aromatic carbocycles. The van der Waals surface area contributed by atoms with Gasteiger partial charge in [-0.1, -0.05) is 35.9 Å². The van der Waals surface area contributed by atoms with E-state index in [0.29, 0.717) is 24.5 Å². The van der Waals surface area contributed by atoms with Crippen molar-refractivity contribution in [2.75, 3.05) is 18.4 Å². The molecule has 0 aliphatic rings. The average Bonchev–Trinajstić information content (AvgIpc) is 2.67. The summed E-state index contributed by atoms with van der Waals surface area (Å²) >= 11 is 5.87. The lowest BCUT2D eigenvalue weighted by Crippen LogP contribution is -2.30. The molecule has 1 N–H and O–H groups in total. The predicted molar refractivity (Wildman–Crippen MR) is 108 cm³/mol. The van der Waals surface area contributed by atoms with Gasteiger partial charge in [0.15, 0.2) is 5.82 Å². The first-order valence-electron chi connectivity index (χ1n) is 8.86. The average molecular weight is 386 g/mol. The van der Waals surface area contributed by atoms with Crippen LogP contribution in [0.15, 0.2) is 42.6 Å². The van der Waals surface area contributed by atoms with Gasteiger partial charge in [-0.2, -0.15) is 0 Å². The number of aromatic nitrogens is 1. The summed E-state index contributed by atoms with van der Waals surface area (Å²) in [7, 11) is 0. The van der Waals surface area contributed by atoms with Crippen LogP contribution in [0.2, 0.25) is 5.02 Å². The number of carbonyl (C=O) groups is 1. The fourth-order valence-corrected chi connectivity index (χ4v) is 3.33. The number of amides is 1. The minimum Gasteiger partial charge on any atom is -0.339 e. The topological polar surface area (TPSA) is 45.2 Å². The van der Waals surface area contributed by atoms with E-state index in [-0.39, 0.29) is 16.6 Å². The van der Waals surface area contributed by atoms with E-state index in [4.69, 9.17) is 11.6 Å². The smallest absolute Gasteiger partial charge is 0.256 e. The Kier molecular flexibility index (Phi) is 5.61. The zero-order chi connectivity index (χ0) is 19.6. The second kappa shape index (κ2) is 7.92. The van der Waals surface area contributed by atoms with Gasteiger partial charge in [-0.05, 0) is 38.5 Å². The molecule has 0 aliphatic carbocycles. The number of aryl methyl sites for hydroxylation is 1. The first kappa shape index (κ1) is 19.1. The first-order valence-corrected chi connectivity index (χ1v) is 9.24. The molecule has 0 atom stereocenters. The highest BCUT2D eigenvalue weighted by Gasteiger charge is 2.19. The second-order valence-electron chi connectivity index (χ2n) is 6.22. The van der Waals surface area contributed by atoms with Crippen LogP contribution in [0.4, 0.5) is 15.9 Å². The number of hydrogen-bond donors (Lipinski definition) is 1. The third-order valence-electron chi connectivity index (χ3n) is 4.61. The highest BCUT2D eigenvalue weighted by molar-refractivity contribution is 6.31. The molecule has 0 fully saturated rings. The van der Waals surface area contributed by atoms with Gasteiger partial charge < -0.3 is 10.2 Å². The van der Waals surface area contributed by atoms with Crippen LogP contribution in [-0.2, 0) is 0 Å². The van der Waals surface area contributed by atoms with Crippen LogP contribution < -0.4 is 5.32 Å². The van der Waals surface area contributed by atoms with E-state index in [2.05, 4.69) is 10.3 Å². The summed E-state index contributed by atoms with van der Waals surface area (Å²) in [6, 6.07) is 10.5. The van der Waals surface area contributed by atoms with Crippen molar-refractivity contribution in [3.05, 3.63) is 64.6 Å². The van der Waals surface area contributed by atoms with Gasteiger partial charge in [0.1, 0.15) is 5.82 Å². The minimum absolute atomic E-state index is 0.0359. The Morgan fingerprint density at radius 2 is 1.89 bits per heavy atom. The summed E-state index contributed by atoms with van der Waals surface area (Å²) in [4.78, 5) is 19.1. The van der Waals surface area contributed by atoms with Crippen molar-refractivity contribution in [2.45, 2.75) is 20.8 Å². The Labute approximate surface area is 163 Å². The van der Waals surface area contributed by atoms with Crippen molar-refractivity contribution in [2.24, 2.45) is 0 Å². The quantitative estimate of drug-likeness (QED) is 0.625. The molecule has 1 heterocycles. The van der Waals surface area contributed by atoms with E-state index in [1.165, 1.54) is 6.07 Å². The van der Waals surface area contributed by atoms with Crippen molar-refractivity contribution in [1.29, 1.82) is 0 Å². The Balaban J connectivity index is 2.15. The van der Waals surface area contributed by atoms with Gasteiger partial charge in [-0.15, -0.1) is 0 Å². The molecule has 140 valence electrons. The third kappa shape index (κ3) is 3.60. The molecule has 0 saturated carbocycles. The Morgan fingerprint density at radius 1 is 1.19 bits per heavy atom. The van der Waals surface area contributed by atoms with Crippen molar-refractivity contribution < 1.29 is 9.18 Å². The van der Waals surface area contributed by atoms with Gasteiger partial charge >= 0.3 is 0 Å². The standard InChI is InChI=1S/C21H21ClFN3O/c1-4-26(5-2)21(27)15-12-24-20(14-9-6-8-13(3)18(14)15)25-17-11-7-10-16(22)19(17)23/h6-12H,4-5H2,1-3H3,(H,24,25). The van der Waals surface area contributed by atoms with Gasteiger partial charge in [0.2, 0.25) is 0 Å². The number of carbonyl (C=O) groups excluding carboxylic acids is 1. The maximum atomic E-state index is 14.3. The third-order valence-corrected chi connectivity index (χ3v) is 4.90. The van der Waals surface area contributed by atoms with E-state index >= 15 is 0 Å². The summed E-state index contributed by atoms with van der Waals surface area (Å²) < 4.78 is 14.3. The van der Waals surface area contributed by atoms with E-state index in [1.54, 1.807) is 23.2 Å². The summed E-state index contributed by atoms with van der Waals surface area (Å²) in [5.41, 5.74) is 1.74. The number of hydrogen-bond acceptors (Lipinski definition) is 3. The maximum Gasteiger partial charge on any atom is 0.256 e. The number of halogens is 2. The van der Waals surface area contributed by atoms with Crippen LogP contribution >= 0.6 is 11.6 Å². The second-order valence-corrected chi connectivity index (χ2v) is 6.63. The molecule has 0 spiro atoms. The SMILES string of the molecule is CCN(CC)C(=O)c1cnc(Nc2cccc(Cl)c2F)c2cccc(C)c12. The van der Waals surface area contributed by atoms with Gasteiger partial charge in [0.25, 0.3) is 5.91 Å². The summed E-state index contributed by atoms with van der Waals surface area (Å²) in [6.07, 6.45) is 1.56.